The van der Waals surface area contributed by atoms with Crippen LogP contribution in [0.4, 0.5) is 26.3 Å². The molecule has 0 amide bonds. The molecule has 0 saturated carbocycles. The summed E-state index contributed by atoms with van der Waals surface area (Å²) in [5.74, 6) is -0.493. The maximum atomic E-state index is 13.4. The molecule has 0 saturated heterocycles. The maximum Gasteiger partial charge on any atom is 0.433 e. The Balaban J connectivity index is 1.65. The third-order valence-electron chi connectivity index (χ3n) is 5.54. The van der Waals surface area contributed by atoms with Gasteiger partial charge in [-0.15, -0.1) is 0 Å². The summed E-state index contributed by atoms with van der Waals surface area (Å²) < 4.78 is 85.0. The van der Waals surface area contributed by atoms with Crippen molar-refractivity contribution in [3.8, 4) is 11.5 Å². The number of rotatable bonds is 5. The Morgan fingerprint density at radius 3 is 2.47 bits per heavy atom. The second-order valence-corrected chi connectivity index (χ2v) is 8.40. The van der Waals surface area contributed by atoms with Crippen LogP contribution in [0.25, 0.3) is 0 Å². The fraction of sp³-hybridized carbons (Fsp3) is 0.280. The number of pyridine rings is 1. The summed E-state index contributed by atoms with van der Waals surface area (Å²) in [5.41, 5.74) is 0.840. The van der Waals surface area contributed by atoms with E-state index in [0.717, 1.165) is 47.2 Å². The van der Waals surface area contributed by atoms with Gasteiger partial charge >= 0.3 is 12.4 Å². The summed E-state index contributed by atoms with van der Waals surface area (Å²) >= 11 is 0. The molecule has 1 aromatic heterocycles. The minimum absolute atomic E-state index is 0.0501. The number of nitrogens with zero attached hydrogens (tertiary/aromatic N) is 2. The summed E-state index contributed by atoms with van der Waals surface area (Å²) in [6.07, 6.45) is -8.08. The first-order valence-electron chi connectivity index (χ1n) is 10.9. The Labute approximate surface area is 202 Å². The van der Waals surface area contributed by atoms with Gasteiger partial charge in [0, 0.05) is 0 Å². The fourth-order valence-electron chi connectivity index (χ4n) is 3.76. The van der Waals surface area contributed by atoms with E-state index in [1.54, 1.807) is 0 Å². The third kappa shape index (κ3) is 5.89. The highest BCUT2D eigenvalue weighted by Crippen LogP contribution is 2.35. The lowest BCUT2D eigenvalue weighted by atomic mass is 9.99. The standard InChI is InChI=1S/C25H21F6N3O2/c1-14-6-7-16(15(2)8-14)9-18-13-35-34-23(33-18)20-11-22(25(29,30)31)32-12-21(20)36-19-5-3-4-17(10-19)24(26,27)28/h3-8,10-12,18H,9,13H2,1-2H3,(H,33,34)/t18-/m1/s1. The molecule has 1 N–H and O–H groups in total. The molecule has 36 heavy (non-hydrogen) atoms. The number of aryl methyl sites for hydroxylation is 2. The largest absolute Gasteiger partial charge is 0.455 e. The number of hydrogen-bond acceptors (Lipinski definition) is 5. The second-order valence-electron chi connectivity index (χ2n) is 8.40. The Kier molecular flexibility index (Phi) is 6.83. The van der Waals surface area contributed by atoms with Crippen LogP contribution in [-0.2, 0) is 23.6 Å². The highest BCUT2D eigenvalue weighted by Gasteiger charge is 2.35. The minimum atomic E-state index is -4.77. The summed E-state index contributed by atoms with van der Waals surface area (Å²) in [7, 11) is 0. The number of oxime groups is 1. The molecule has 0 spiro atoms. The van der Waals surface area contributed by atoms with Gasteiger partial charge in [-0.05, 0) is 55.7 Å². The van der Waals surface area contributed by atoms with Crippen molar-refractivity contribution in [1.82, 2.24) is 10.3 Å². The maximum absolute atomic E-state index is 13.4. The Morgan fingerprint density at radius 1 is 1.00 bits per heavy atom. The zero-order chi connectivity index (χ0) is 26.1. The number of ether oxygens (including phenoxy) is 1. The van der Waals surface area contributed by atoms with E-state index in [0.29, 0.717) is 6.42 Å². The lowest BCUT2D eigenvalue weighted by Gasteiger charge is -2.26. The lowest BCUT2D eigenvalue weighted by molar-refractivity contribution is -0.141. The molecule has 1 aliphatic heterocycles. The quantitative estimate of drug-likeness (QED) is 0.404. The minimum Gasteiger partial charge on any atom is -0.455 e. The van der Waals surface area contributed by atoms with E-state index in [2.05, 4.69) is 15.5 Å². The summed E-state index contributed by atoms with van der Waals surface area (Å²) in [5, 5.41) is 6.93. The fourth-order valence-corrected chi connectivity index (χ4v) is 3.76. The number of benzene rings is 2. The molecule has 190 valence electrons. The van der Waals surface area contributed by atoms with Gasteiger partial charge < -0.3 is 14.9 Å². The Bertz CT molecular complexity index is 1290. The van der Waals surface area contributed by atoms with E-state index in [-0.39, 0.29) is 35.5 Å². The van der Waals surface area contributed by atoms with Crippen LogP contribution in [0.1, 0.15) is 33.5 Å². The molecule has 0 bridgehead atoms. The van der Waals surface area contributed by atoms with E-state index in [1.165, 1.54) is 6.07 Å². The second kappa shape index (κ2) is 9.71. The van der Waals surface area contributed by atoms with Crippen LogP contribution in [-0.4, -0.2) is 23.5 Å². The van der Waals surface area contributed by atoms with Crippen LogP contribution in [0.5, 0.6) is 11.5 Å². The number of hydrogen-bond donors (Lipinski definition) is 1. The van der Waals surface area contributed by atoms with Crippen molar-refractivity contribution in [2.45, 2.75) is 38.7 Å². The molecule has 2 heterocycles. The first kappa shape index (κ1) is 25.3. The molecule has 0 fully saturated rings. The molecule has 5 nitrogen and oxygen atoms in total. The van der Waals surface area contributed by atoms with Crippen LogP contribution in [0.2, 0.25) is 0 Å². The number of aromatic nitrogens is 1. The highest BCUT2D eigenvalue weighted by molar-refractivity contribution is 6.01. The Morgan fingerprint density at radius 2 is 1.78 bits per heavy atom. The van der Waals surface area contributed by atoms with E-state index in [9.17, 15) is 26.3 Å². The van der Waals surface area contributed by atoms with Crippen LogP contribution in [0.3, 0.4) is 0 Å². The van der Waals surface area contributed by atoms with Gasteiger partial charge in [0.1, 0.15) is 18.1 Å². The van der Waals surface area contributed by atoms with Crippen LogP contribution >= 0.6 is 0 Å². The highest BCUT2D eigenvalue weighted by atomic mass is 19.4. The van der Waals surface area contributed by atoms with Crippen molar-refractivity contribution in [3.05, 3.63) is 88.2 Å². The predicted molar refractivity (Wildman–Crippen MR) is 120 cm³/mol. The van der Waals surface area contributed by atoms with Crippen LogP contribution in [0.15, 0.2) is 59.9 Å². The van der Waals surface area contributed by atoms with Gasteiger partial charge in [0.25, 0.3) is 0 Å². The molecule has 0 unspecified atom stereocenters. The van der Waals surface area contributed by atoms with Gasteiger partial charge in [0.2, 0.25) is 0 Å². The Hall–Kier alpha value is -3.76. The normalized spacial score (nSPS) is 16.1. The van der Waals surface area contributed by atoms with Gasteiger partial charge in [-0.25, -0.2) is 4.98 Å². The van der Waals surface area contributed by atoms with Gasteiger partial charge in [-0.3, -0.25) is 0 Å². The van der Waals surface area contributed by atoms with Crippen molar-refractivity contribution < 1.29 is 35.9 Å². The number of halogens is 6. The topological polar surface area (TPSA) is 55.7 Å². The van der Waals surface area contributed by atoms with Gasteiger partial charge in [-0.1, -0.05) is 35.0 Å². The van der Waals surface area contributed by atoms with Gasteiger partial charge in [-0.2, -0.15) is 26.3 Å². The molecule has 1 aliphatic rings. The average Bonchev–Trinajstić information content (AvgIpc) is 2.80. The van der Waals surface area contributed by atoms with Crippen molar-refractivity contribution in [2.75, 3.05) is 6.61 Å². The predicted octanol–water partition coefficient (Wildman–Crippen LogP) is 6.42. The average molecular weight is 509 g/mol. The molecule has 4 rings (SSSR count). The number of alkyl halides is 6. The third-order valence-corrected chi connectivity index (χ3v) is 5.54. The molecule has 3 aromatic rings. The monoisotopic (exact) mass is 509 g/mol. The molecule has 0 radical (unpaired) electrons. The zero-order valence-corrected chi connectivity index (χ0v) is 19.2. The van der Waals surface area contributed by atoms with E-state index < -0.39 is 23.6 Å². The van der Waals surface area contributed by atoms with Crippen molar-refractivity contribution in [3.63, 3.8) is 0 Å². The van der Waals surface area contributed by atoms with Crippen molar-refractivity contribution >= 4 is 5.84 Å². The van der Waals surface area contributed by atoms with Crippen molar-refractivity contribution in [1.29, 1.82) is 0 Å². The number of nitrogens with one attached hydrogen (secondary N) is 1. The SMILES string of the molecule is Cc1ccc(C[C@@H]2CON=C(c3cc(C(F)(F)F)ncc3Oc3cccc(C(F)(F)F)c3)N2)c(C)c1. The summed E-state index contributed by atoms with van der Waals surface area (Å²) in [6.45, 7) is 4.09. The van der Waals surface area contributed by atoms with E-state index >= 15 is 0 Å². The summed E-state index contributed by atoms with van der Waals surface area (Å²) in [6, 6.07) is 10.3. The molecule has 1 atom stereocenters. The molecule has 2 aromatic carbocycles. The molecular weight excluding hydrogens is 488 g/mol. The van der Waals surface area contributed by atoms with Crippen molar-refractivity contribution in [2.24, 2.45) is 5.16 Å². The molecule has 11 heteroatoms. The smallest absolute Gasteiger partial charge is 0.433 e. The first-order valence-corrected chi connectivity index (χ1v) is 10.9. The number of amidine groups is 1. The zero-order valence-electron chi connectivity index (χ0n) is 19.2. The molecule has 0 aliphatic carbocycles. The van der Waals surface area contributed by atoms with Crippen LogP contribution < -0.4 is 10.1 Å². The summed E-state index contributed by atoms with van der Waals surface area (Å²) in [4.78, 5) is 8.68. The van der Waals surface area contributed by atoms with Gasteiger partial charge in [0.05, 0.1) is 23.4 Å². The van der Waals surface area contributed by atoms with Crippen LogP contribution in [0, 0.1) is 13.8 Å². The first-order chi connectivity index (χ1) is 16.9. The van der Waals surface area contributed by atoms with Gasteiger partial charge in [0.15, 0.2) is 11.6 Å². The van der Waals surface area contributed by atoms with E-state index in [4.69, 9.17) is 9.57 Å². The lowest BCUT2D eigenvalue weighted by Crippen LogP contribution is -2.43. The molecular formula is C25H21F6N3O2. The van der Waals surface area contributed by atoms with E-state index in [1.807, 2.05) is 32.0 Å².